The molecule has 1 aromatic carbocycles. The van der Waals surface area contributed by atoms with E-state index in [4.69, 9.17) is 9.47 Å². The number of carbonyl (C=O) groups excluding carboxylic acids is 2. The third kappa shape index (κ3) is 6.74. The summed E-state index contributed by atoms with van der Waals surface area (Å²) in [5.41, 5.74) is 0.657. The average molecular weight is 516 g/mol. The molecule has 0 heterocycles. The molecule has 0 radical (unpaired) electrons. The van der Waals surface area contributed by atoms with Gasteiger partial charge in [0.05, 0.1) is 5.56 Å². The zero-order valence-corrected chi connectivity index (χ0v) is 15.6. The number of aliphatic hydroxyl groups is 1. The van der Waals surface area contributed by atoms with Crippen LogP contribution in [0.1, 0.15) is 17.3 Å². The number of carbonyl (C=O) groups is 2. The maximum absolute atomic E-state index is 11.8. The molecule has 0 aliphatic carbocycles. The summed E-state index contributed by atoms with van der Waals surface area (Å²) in [6.07, 6.45) is -1.07. The first kappa shape index (κ1) is 18.4. The lowest BCUT2D eigenvalue weighted by Crippen LogP contribution is -2.25. The van der Waals surface area contributed by atoms with Gasteiger partial charge in [0.25, 0.3) is 0 Å². The quantitative estimate of drug-likeness (QED) is 0.358. The van der Waals surface area contributed by atoms with E-state index in [1.54, 1.807) is 12.1 Å². The molecule has 0 fully saturated rings. The maximum Gasteiger partial charge on any atom is 0.338 e. The van der Waals surface area contributed by atoms with E-state index in [1.807, 2.05) is 6.07 Å². The zero-order chi connectivity index (χ0) is 16.0. The van der Waals surface area contributed by atoms with Crippen LogP contribution in [-0.2, 0) is 14.3 Å². The monoisotopic (exact) mass is 516 g/mol. The smallest absolute Gasteiger partial charge is 0.338 e. The van der Waals surface area contributed by atoms with Crippen LogP contribution in [0.15, 0.2) is 30.4 Å². The molecule has 1 unspecified atom stereocenters. The normalized spacial score (nSPS) is 11.6. The van der Waals surface area contributed by atoms with Crippen LogP contribution >= 0.6 is 45.2 Å². The van der Waals surface area contributed by atoms with Crippen molar-refractivity contribution in [2.45, 2.75) is 13.0 Å². The Morgan fingerprint density at radius 1 is 1.19 bits per heavy atom. The molecule has 0 aliphatic heterocycles. The summed E-state index contributed by atoms with van der Waals surface area (Å²) >= 11 is 4.21. The number of hydrogen-bond acceptors (Lipinski definition) is 5. The van der Waals surface area contributed by atoms with Crippen LogP contribution in [0.5, 0.6) is 0 Å². The number of ether oxygens (including phenoxy) is 2. The van der Waals surface area contributed by atoms with Crippen molar-refractivity contribution < 1.29 is 24.2 Å². The molecular weight excluding hydrogens is 502 g/mol. The average Bonchev–Trinajstić information content (AvgIpc) is 2.40. The van der Waals surface area contributed by atoms with Crippen LogP contribution in [0.2, 0.25) is 0 Å². The molecule has 1 N–H and O–H groups in total. The van der Waals surface area contributed by atoms with E-state index >= 15 is 0 Å². The standard InChI is InChI=1S/C14H14I2O5/c1-8(2)13(18)20-6-12(17)7-21-14(19)9-3-10(15)5-11(16)4-9/h3-5,12,17H,1,6-7H2,2H3. The van der Waals surface area contributed by atoms with Gasteiger partial charge in [-0.05, 0) is 70.3 Å². The first-order valence-corrected chi connectivity index (χ1v) is 8.09. The molecule has 0 spiro atoms. The van der Waals surface area contributed by atoms with Gasteiger partial charge in [0, 0.05) is 12.7 Å². The Morgan fingerprint density at radius 3 is 2.24 bits per heavy atom. The Bertz CT molecular complexity index is 536. The highest BCUT2D eigenvalue weighted by atomic mass is 127. The van der Waals surface area contributed by atoms with Gasteiger partial charge in [0.15, 0.2) is 0 Å². The number of rotatable bonds is 6. The van der Waals surface area contributed by atoms with E-state index in [1.165, 1.54) is 6.92 Å². The minimum absolute atomic E-state index is 0.243. The van der Waals surface area contributed by atoms with E-state index < -0.39 is 18.0 Å². The fraction of sp³-hybridized carbons (Fsp3) is 0.286. The predicted octanol–water partition coefficient (Wildman–Crippen LogP) is 2.53. The summed E-state index contributed by atoms with van der Waals surface area (Å²) in [6, 6.07) is 5.31. The van der Waals surface area contributed by atoms with Crippen molar-refractivity contribution in [1.82, 2.24) is 0 Å². The molecule has 0 saturated carbocycles. The van der Waals surface area contributed by atoms with Gasteiger partial charge in [-0.2, -0.15) is 0 Å². The molecule has 114 valence electrons. The summed E-state index contributed by atoms with van der Waals surface area (Å²) < 4.78 is 11.6. The zero-order valence-electron chi connectivity index (χ0n) is 11.3. The number of esters is 2. The molecule has 0 aromatic heterocycles. The van der Waals surface area contributed by atoms with Crippen LogP contribution in [0, 0.1) is 7.14 Å². The molecule has 0 amide bonds. The van der Waals surface area contributed by atoms with Crippen molar-refractivity contribution in [1.29, 1.82) is 0 Å². The van der Waals surface area contributed by atoms with Crippen LogP contribution in [0.3, 0.4) is 0 Å². The molecule has 5 nitrogen and oxygen atoms in total. The van der Waals surface area contributed by atoms with Crippen molar-refractivity contribution in [2.24, 2.45) is 0 Å². The lowest BCUT2D eigenvalue weighted by Gasteiger charge is -2.12. The van der Waals surface area contributed by atoms with E-state index in [0.717, 1.165) is 7.14 Å². The fourth-order valence-corrected chi connectivity index (χ4v) is 3.21. The van der Waals surface area contributed by atoms with E-state index in [9.17, 15) is 14.7 Å². The van der Waals surface area contributed by atoms with Crippen molar-refractivity contribution in [3.8, 4) is 0 Å². The number of benzene rings is 1. The Morgan fingerprint density at radius 2 is 1.71 bits per heavy atom. The van der Waals surface area contributed by atoms with Gasteiger partial charge < -0.3 is 14.6 Å². The second-order valence-corrected chi connectivity index (χ2v) is 6.78. The molecule has 1 rings (SSSR count). The second-order valence-electron chi connectivity index (χ2n) is 4.29. The molecule has 1 atom stereocenters. The molecular formula is C14H14I2O5. The largest absolute Gasteiger partial charge is 0.459 e. The highest BCUT2D eigenvalue weighted by Crippen LogP contribution is 2.15. The molecule has 0 aliphatic rings. The molecule has 21 heavy (non-hydrogen) atoms. The summed E-state index contributed by atoms with van der Waals surface area (Å²) in [5.74, 6) is -1.12. The lowest BCUT2D eigenvalue weighted by molar-refractivity contribution is -0.142. The highest BCUT2D eigenvalue weighted by molar-refractivity contribution is 14.1. The summed E-state index contributed by atoms with van der Waals surface area (Å²) in [6.45, 7) is 4.43. The molecule has 0 bridgehead atoms. The topological polar surface area (TPSA) is 72.8 Å². The number of halogens is 2. The lowest BCUT2D eigenvalue weighted by atomic mass is 10.2. The minimum atomic E-state index is -1.07. The first-order chi connectivity index (χ1) is 9.79. The number of hydrogen-bond donors (Lipinski definition) is 1. The molecule has 7 heteroatoms. The predicted molar refractivity (Wildman–Crippen MR) is 93.9 cm³/mol. The van der Waals surface area contributed by atoms with Crippen LogP contribution in [0.25, 0.3) is 0 Å². The summed E-state index contributed by atoms with van der Waals surface area (Å²) in [5, 5.41) is 9.60. The van der Waals surface area contributed by atoms with Gasteiger partial charge in [-0.25, -0.2) is 9.59 Å². The second kappa shape index (κ2) is 8.69. The fourth-order valence-electron chi connectivity index (χ4n) is 1.27. The van der Waals surface area contributed by atoms with Crippen LogP contribution in [0.4, 0.5) is 0 Å². The van der Waals surface area contributed by atoms with Gasteiger partial charge in [-0.1, -0.05) is 6.58 Å². The van der Waals surface area contributed by atoms with Gasteiger partial charge >= 0.3 is 11.9 Å². The van der Waals surface area contributed by atoms with Crippen molar-refractivity contribution in [2.75, 3.05) is 13.2 Å². The Balaban J connectivity index is 2.45. The maximum atomic E-state index is 11.8. The number of aliphatic hydroxyl groups excluding tert-OH is 1. The summed E-state index contributed by atoms with van der Waals surface area (Å²) in [4.78, 5) is 23.0. The minimum Gasteiger partial charge on any atom is -0.459 e. The van der Waals surface area contributed by atoms with Crippen molar-refractivity contribution in [3.63, 3.8) is 0 Å². The SMILES string of the molecule is C=C(C)C(=O)OCC(O)COC(=O)c1cc(I)cc(I)c1. The molecule has 1 aromatic rings. The van der Waals surface area contributed by atoms with Crippen LogP contribution in [-0.4, -0.2) is 36.4 Å². The van der Waals surface area contributed by atoms with E-state index in [0.29, 0.717) is 5.56 Å². The van der Waals surface area contributed by atoms with Crippen molar-refractivity contribution in [3.05, 3.63) is 43.1 Å². The Kier molecular flexibility index (Phi) is 7.60. The van der Waals surface area contributed by atoms with Crippen molar-refractivity contribution >= 4 is 57.1 Å². The first-order valence-electron chi connectivity index (χ1n) is 5.93. The van der Waals surface area contributed by atoms with Crippen LogP contribution < -0.4 is 0 Å². The van der Waals surface area contributed by atoms with Gasteiger partial charge in [0.2, 0.25) is 0 Å². The van der Waals surface area contributed by atoms with Gasteiger partial charge in [-0.3, -0.25) is 0 Å². The Hall–Kier alpha value is -0.680. The Labute approximate surface area is 150 Å². The van der Waals surface area contributed by atoms with Gasteiger partial charge in [-0.15, -0.1) is 0 Å². The summed E-state index contributed by atoms with van der Waals surface area (Å²) in [7, 11) is 0. The third-order valence-corrected chi connectivity index (χ3v) is 3.51. The molecule has 0 saturated heterocycles. The van der Waals surface area contributed by atoms with Gasteiger partial charge in [0.1, 0.15) is 19.3 Å². The van der Waals surface area contributed by atoms with E-state index in [2.05, 4.69) is 51.8 Å². The highest BCUT2D eigenvalue weighted by Gasteiger charge is 2.14. The third-order valence-electron chi connectivity index (χ3n) is 2.26. The van der Waals surface area contributed by atoms with E-state index in [-0.39, 0.29) is 18.8 Å².